The molecule has 3 rings (SSSR count). The summed E-state index contributed by atoms with van der Waals surface area (Å²) < 4.78 is 10.3. The lowest BCUT2D eigenvalue weighted by Crippen LogP contribution is -2.18. The predicted octanol–water partition coefficient (Wildman–Crippen LogP) is 3.59. The molecule has 1 atom stereocenters. The minimum absolute atomic E-state index is 0.0542. The second-order valence-corrected chi connectivity index (χ2v) is 6.17. The molecule has 0 bridgehead atoms. The van der Waals surface area contributed by atoms with Gasteiger partial charge < -0.3 is 14.5 Å². The fourth-order valence-corrected chi connectivity index (χ4v) is 3.36. The third kappa shape index (κ3) is 3.22. The van der Waals surface area contributed by atoms with Gasteiger partial charge in [-0.25, -0.2) is 4.79 Å². The van der Waals surface area contributed by atoms with E-state index in [0.717, 1.165) is 17.0 Å². The zero-order valence-corrected chi connectivity index (χ0v) is 14.4. The Kier molecular flexibility index (Phi) is 4.74. The van der Waals surface area contributed by atoms with Crippen molar-refractivity contribution in [2.24, 2.45) is 0 Å². The van der Waals surface area contributed by atoms with Gasteiger partial charge in [0, 0.05) is 17.7 Å². The number of benzene rings is 1. The smallest absolute Gasteiger partial charge is 0.355 e. The van der Waals surface area contributed by atoms with E-state index in [1.165, 1.54) is 6.08 Å². The Morgan fingerprint density at radius 2 is 2.04 bits per heavy atom. The summed E-state index contributed by atoms with van der Waals surface area (Å²) in [5.41, 5.74) is 3.55. The minimum atomic E-state index is -0.458. The Balaban J connectivity index is 1.88. The van der Waals surface area contributed by atoms with Gasteiger partial charge in [-0.2, -0.15) is 0 Å². The van der Waals surface area contributed by atoms with Crippen molar-refractivity contribution in [2.45, 2.75) is 25.7 Å². The number of methoxy groups -OCH3 is 1. The van der Waals surface area contributed by atoms with E-state index in [1.54, 1.807) is 14.0 Å². The zero-order valence-electron chi connectivity index (χ0n) is 14.4. The van der Waals surface area contributed by atoms with Crippen LogP contribution in [0.15, 0.2) is 36.9 Å². The average Bonchev–Trinajstić information content (AvgIpc) is 2.97. The molecule has 0 amide bonds. The van der Waals surface area contributed by atoms with Crippen molar-refractivity contribution in [3.8, 4) is 5.75 Å². The number of aromatic nitrogens is 1. The number of fused-ring (bicyclic) bond motifs is 1. The molecule has 0 aliphatic heterocycles. The third-order valence-corrected chi connectivity index (χ3v) is 4.61. The van der Waals surface area contributed by atoms with Crippen molar-refractivity contribution >= 4 is 11.8 Å². The lowest BCUT2D eigenvalue weighted by molar-refractivity contribution is 0.0542. The van der Waals surface area contributed by atoms with E-state index in [4.69, 9.17) is 9.47 Å². The molecule has 0 unspecified atom stereocenters. The van der Waals surface area contributed by atoms with Crippen LogP contribution in [0.25, 0.3) is 0 Å². The van der Waals surface area contributed by atoms with Crippen LogP contribution in [0.4, 0.5) is 0 Å². The first-order chi connectivity index (χ1) is 12.0. The Morgan fingerprint density at radius 3 is 2.68 bits per heavy atom. The third-order valence-electron chi connectivity index (χ3n) is 4.61. The van der Waals surface area contributed by atoms with Gasteiger partial charge in [-0.15, -0.1) is 0 Å². The predicted molar refractivity (Wildman–Crippen MR) is 94.4 cm³/mol. The summed E-state index contributed by atoms with van der Waals surface area (Å²) in [6, 6.07) is 7.76. The van der Waals surface area contributed by atoms with E-state index in [9.17, 15) is 9.59 Å². The van der Waals surface area contributed by atoms with Crippen LogP contribution >= 0.6 is 0 Å². The molecule has 5 nitrogen and oxygen atoms in total. The fraction of sp³-hybridized carbons (Fsp3) is 0.300. The number of nitrogens with one attached hydrogen (secondary N) is 1. The van der Waals surface area contributed by atoms with Gasteiger partial charge >= 0.3 is 5.97 Å². The first-order valence-corrected chi connectivity index (χ1v) is 8.21. The Morgan fingerprint density at radius 1 is 1.32 bits per heavy atom. The minimum Gasteiger partial charge on any atom is -0.497 e. The fourth-order valence-electron chi connectivity index (χ4n) is 3.36. The molecule has 1 N–H and O–H groups in total. The molecule has 0 radical (unpaired) electrons. The summed E-state index contributed by atoms with van der Waals surface area (Å²) >= 11 is 0. The molecule has 1 aliphatic rings. The number of aromatic amines is 1. The maximum Gasteiger partial charge on any atom is 0.355 e. The first kappa shape index (κ1) is 17.0. The van der Waals surface area contributed by atoms with Crippen molar-refractivity contribution in [2.75, 3.05) is 13.7 Å². The SMILES string of the molecule is C=CCOC(=O)c1[nH]c2c(c1C)C(=O)C[C@H](c1ccc(OC)cc1)C2. The van der Waals surface area contributed by atoms with Gasteiger partial charge in [0.1, 0.15) is 18.1 Å². The second-order valence-electron chi connectivity index (χ2n) is 6.17. The molecule has 1 aromatic carbocycles. The highest BCUT2D eigenvalue weighted by Gasteiger charge is 2.32. The van der Waals surface area contributed by atoms with E-state index >= 15 is 0 Å². The molecule has 1 aromatic heterocycles. The average molecular weight is 339 g/mol. The van der Waals surface area contributed by atoms with Gasteiger partial charge in [-0.3, -0.25) is 4.79 Å². The number of rotatable bonds is 5. The number of carbonyl (C=O) groups excluding carboxylic acids is 2. The molecule has 0 saturated heterocycles. The largest absolute Gasteiger partial charge is 0.497 e. The first-order valence-electron chi connectivity index (χ1n) is 8.21. The van der Waals surface area contributed by atoms with Crippen LogP contribution in [0, 0.1) is 6.92 Å². The van der Waals surface area contributed by atoms with E-state index < -0.39 is 5.97 Å². The van der Waals surface area contributed by atoms with Crippen molar-refractivity contribution in [3.63, 3.8) is 0 Å². The molecule has 0 fully saturated rings. The van der Waals surface area contributed by atoms with Crippen LogP contribution in [0.2, 0.25) is 0 Å². The van der Waals surface area contributed by atoms with Gasteiger partial charge in [0.15, 0.2) is 5.78 Å². The lowest BCUT2D eigenvalue weighted by atomic mass is 9.81. The topological polar surface area (TPSA) is 68.4 Å². The standard InChI is InChI=1S/C20H21NO4/c1-4-9-25-20(23)19-12(2)18-16(21-19)10-14(11-17(18)22)13-5-7-15(24-3)8-6-13/h4-8,14,21H,1,9-11H2,2-3H3/t14-/m1/s1. The molecule has 130 valence electrons. The normalized spacial score (nSPS) is 16.2. The highest BCUT2D eigenvalue weighted by molar-refractivity contribution is 6.03. The Bertz CT molecular complexity index is 817. The number of esters is 1. The molecule has 1 heterocycles. The van der Waals surface area contributed by atoms with Gasteiger partial charge in [0.05, 0.1) is 7.11 Å². The van der Waals surface area contributed by atoms with Gasteiger partial charge in [0.25, 0.3) is 0 Å². The molecule has 5 heteroatoms. The number of ketones is 1. The summed E-state index contributed by atoms with van der Waals surface area (Å²) in [5, 5.41) is 0. The highest BCUT2D eigenvalue weighted by atomic mass is 16.5. The number of hydrogen-bond acceptors (Lipinski definition) is 4. The molecular formula is C20H21NO4. The maximum atomic E-state index is 12.7. The number of H-pyrrole nitrogens is 1. The van der Waals surface area contributed by atoms with Crippen LogP contribution in [0.1, 0.15) is 50.0 Å². The number of hydrogen-bond donors (Lipinski definition) is 1. The summed E-state index contributed by atoms with van der Waals surface area (Å²) in [6.07, 6.45) is 2.63. The molecule has 0 spiro atoms. The van der Waals surface area contributed by atoms with Crippen LogP contribution in [0.3, 0.4) is 0 Å². The van der Waals surface area contributed by atoms with Crippen molar-refractivity contribution in [1.82, 2.24) is 4.98 Å². The monoisotopic (exact) mass is 339 g/mol. The van der Waals surface area contributed by atoms with Crippen LogP contribution < -0.4 is 4.74 Å². The van der Waals surface area contributed by atoms with Gasteiger partial charge in [-0.05, 0) is 42.5 Å². The summed E-state index contributed by atoms with van der Waals surface area (Å²) in [7, 11) is 1.63. The maximum absolute atomic E-state index is 12.7. The summed E-state index contributed by atoms with van der Waals surface area (Å²) in [6.45, 7) is 5.46. The Labute approximate surface area is 146 Å². The molecule has 25 heavy (non-hydrogen) atoms. The van der Waals surface area contributed by atoms with Crippen molar-refractivity contribution in [3.05, 3.63) is 65.0 Å². The quantitative estimate of drug-likeness (QED) is 0.668. The second kappa shape index (κ2) is 6.97. The molecule has 1 aliphatic carbocycles. The van der Waals surface area contributed by atoms with E-state index in [0.29, 0.717) is 29.7 Å². The molecular weight excluding hydrogens is 318 g/mol. The highest BCUT2D eigenvalue weighted by Crippen LogP contribution is 2.35. The molecule has 2 aromatic rings. The molecule has 0 saturated carbocycles. The van der Waals surface area contributed by atoms with E-state index in [2.05, 4.69) is 11.6 Å². The zero-order chi connectivity index (χ0) is 18.0. The lowest BCUT2D eigenvalue weighted by Gasteiger charge is -2.22. The summed E-state index contributed by atoms with van der Waals surface area (Å²) in [5.74, 6) is 0.467. The Hall–Kier alpha value is -2.82. The van der Waals surface area contributed by atoms with Gasteiger partial charge in [-0.1, -0.05) is 24.8 Å². The van der Waals surface area contributed by atoms with Crippen molar-refractivity contribution < 1.29 is 19.1 Å². The van der Waals surface area contributed by atoms with Crippen LogP contribution in [-0.2, 0) is 11.2 Å². The van der Waals surface area contributed by atoms with Crippen molar-refractivity contribution in [1.29, 1.82) is 0 Å². The van der Waals surface area contributed by atoms with Crippen LogP contribution in [0.5, 0.6) is 5.75 Å². The summed E-state index contributed by atoms with van der Waals surface area (Å²) in [4.78, 5) is 27.9. The van der Waals surface area contributed by atoms with E-state index in [-0.39, 0.29) is 18.3 Å². The van der Waals surface area contributed by atoms with Gasteiger partial charge in [0.2, 0.25) is 0 Å². The van der Waals surface area contributed by atoms with E-state index in [1.807, 2.05) is 24.3 Å². The van der Waals surface area contributed by atoms with Crippen LogP contribution in [-0.4, -0.2) is 30.5 Å². The number of ether oxygens (including phenoxy) is 2. The number of carbonyl (C=O) groups is 2. The number of Topliss-reactive ketones (excluding diaryl/α,β-unsaturated/α-hetero) is 1.